The van der Waals surface area contributed by atoms with E-state index in [0.717, 1.165) is 11.3 Å². The SMILES string of the molecule is C=C(Cl)/C=C(C)/C=C(\C)CNc1nccc(C)n1. The Labute approximate surface area is 113 Å². The zero-order chi connectivity index (χ0) is 13.5. The number of hydrogen-bond donors (Lipinski definition) is 1. The van der Waals surface area contributed by atoms with E-state index < -0.39 is 0 Å². The predicted molar refractivity (Wildman–Crippen MR) is 77.8 cm³/mol. The third kappa shape index (κ3) is 5.64. The van der Waals surface area contributed by atoms with E-state index in [1.165, 1.54) is 5.57 Å². The van der Waals surface area contributed by atoms with Crippen LogP contribution in [0.3, 0.4) is 0 Å². The zero-order valence-electron chi connectivity index (χ0n) is 11.0. The van der Waals surface area contributed by atoms with E-state index >= 15 is 0 Å². The maximum Gasteiger partial charge on any atom is 0.223 e. The number of nitrogens with one attached hydrogen (secondary N) is 1. The molecular formula is C14H18ClN3. The molecule has 96 valence electrons. The van der Waals surface area contributed by atoms with Crippen molar-refractivity contribution in [3.05, 3.63) is 52.9 Å². The van der Waals surface area contributed by atoms with Gasteiger partial charge in [-0.1, -0.05) is 29.8 Å². The second kappa shape index (κ2) is 6.97. The summed E-state index contributed by atoms with van der Waals surface area (Å²) in [5.74, 6) is 0.645. The van der Waals surface area contributed by atoms with Crippen LogP contribution in [0.5, 0.6) is 0 Å². The van der Waals surface area contributed by atoms with Crippen LogP contribution in [0.4, 0.5) is 5.95 Å². The minimum Gasteiger partial charge on any atom is -0.350 e. The van der Waals surface area contributed by atoms with Crippen LogP contribution < -0.4 is 5.32 Å². The van der Waals surface area contributed by atoms with Gasteiger partial charge in [-0.25, -0.2) is 9.97 Å². The minimum absolute atomic E-state index is 0.534. The Hall–Kier alpha value is -1.61. The van der Waals surface area contributed by atoms with Crippen LogP contribution in [0.2, 0.25) is 0 Å². The van der Waals surface area contributed by atoms with Crippen LogP contribution in [0, 0.1) is 6.92 Å². The molecule has 0 aliphatic rings. The lowest BCUT2D eigenvalue weighted by Gasteiger charge is -2.05. The van der Waals surface area contributed by atoms with Crippen molar-refractivity contribution in [3.63, 3.8) is 0 Å². The second-order valence-corrected chi connectivity index (χ2v) is 4.69. The molecule has 1 aromatic heterocycles. The molecule has 1 heterocycles. The average molecular weight is 264 g/mol. The number of anilines is 1. The molecule has 1 rings (SSSR count). The summed E-state index contributed by atoms with van der Waals surface area (Å²) in [5.41, 5.74) is 3.19. The van der Waals surface area contributed by atoms with Crippen LogP contribution in [-0.2, 0) is 0 Å². The van der Waals surface area contributed by atoms with Crippen LogP contribution >= 0.6 is 11.6 Å². The third-order valence-corrected chi connectivity index (χ3v) is 2.29. The highest BCUT2D eigenvalue weighted by Crippen LogP contribution is 2.08. The maximum absolute atomic E-state index is 5.71. The van der Waals surface area contributed by atoms with E-state index in [9.17, 15) is 0 Å². The molecule has 0 bridgehead atoms. The summed E-state index contributed by atoms with van der Waals surface area (Å²) < 4.78 is 0. The fraction of sp³-hybridized carbons (Fsp3) is 0.286. The second-order valence-electron chi connectivity index (χ2n) is 4.20. The standard InChI is InChI=1S/C14H18ClN3/c1-10(8-12(3)15)7-11(2)9-17-14-16-6-5-13(4)18-14/h5-8H,3,9H2,1-2,4H3,(H,16,17,18)/b10-8+,11-7+. The normalized spacial score (nSPS) is 12.4. The zero-order valence-corrected chi connectivity index (χ0v) is 11.8. The van der Waals surface area contributed by atoms with Crippen molar-refractivity contribution in [2.75, 3.05) is 11.9 Å². The van der Waals surface area contributed by atoms with Gasteiger partial charge in [0, 0.05) is 23.5 Å². The van der Waals surface area contributed by atoms with Crippen LogP contribution in [0.1, 0.15) is 19.5 Å². The molecule has 0 aliphatic heterocycles. The number of rotatable bonds is 5. The lowest BCUT2D eigenvalue weighted by Crippen LogP contribution is -2.06. The van der Waals surface area contributed by atoms with Crippen molar-refractivity contribution < 1.29 is 0 Å². The topological polar surface area (TPSA) is 37.8 Å². The molecule has 0 fully saturated rings. The van der Waals surface area contributed by atoms with Gasteiger partial charge in [-0.05, 0) is 38.5 Å². The number of hydrogen-bond acceptors (Lipinski definition) is 3. The highest BCUT2D eigenvalue weighted by Gasteiger charge is 1.96. The van der Waals surface area contributed by atoms with Crippen molar-refractivity contribution in [1.82, 2.24) is 9.97 Å². The number of aromatic nitrogens is 2. The number of aryl methyl sites for hydroxylation is 1. The van der Waals surface area contributed by atoms with Crippen molar-refractivity contribution in [2.24, 2.45) is 0 Å². The molecule has 0 saturated carbocycles. The smallest absolute Gasteiger partial charge is 0.223 e. The van der Waals surface area contributed by atoms with Gasteiger partial charge in [0.1, 0.15) is 0 Å². The first-order chi connectivity index (χ1) is 8.47. The summed E-state index contributed by atoms with van der Waals surface area (Å²) in [7, 11) is 0. The molecule has 4 heteroatoms. The molecular weight excluding hydrogens is 246 g/mol. The largest absolute Gasteiger partial charge is 0.350 e. The van der Waals surface area contributed by atoms with E-state index in [4.69, 9.17) is 11.6 Å². The summed E-state index contributed by atoms with van der Waals surface area (Å²) in [5, 5.41) is 3.70. The van der Waals surface area contributed by atoms with Gasteiger partial charge in [-0.15, -0.1) is 0 Å². The molecule has 0 aromatic carbocycles. The molecule has 0 amide bonds. The van der Waals surface area contributed by atoms with Gasteiger partial charge in [-0.2, -0.15) is 0 Å². The fourth-order valence-corrected chi connectivity index (χ4v) is 1.65. The van der Waals surface area contributed by atoms with Crippen molar-refractivity contribution in [2.45, 2.75) is 20.8 Å². The van der Waals surface area contributed by atoms with E-state index in [1.54, 1.807) is 6.20 Å². The molecule has 3 nitrogen and oxygen atoms in total. The summed E-state index contributed by atoms with van der Waals surface area (Å²) in [4.78, 5) is 8.41. The Bertz CT molecular complexity index is 490. The highest BCUT2D eigenvalue weighted by atomic mass is 35.5. The Balaban J connectivity index is 2.58. The van der Waals surface area contributed by atoms with Crippen molar-refractivity contribution in [1.29, 1.82) is 0 Å². The quantitative estimate of drug-likeness (QED) is 0.820. The Morgan fingerprint density at radius 1 is 1.44 bits per heavy atom. The first kappa shape index (κ1) is 14.5. The van der Waals surface area contributed by atoms with Gasteiger partial charge in [0.2, 0.25) is 5.95 Å². The average Bonchev–Trinajstić information content (AvgIpc) is 2.25. The summed E-state index contributed by atoms with van der Waals surface area (Å²) in [6.45, 7) is 10.3. The fourth-order valence-electron chi connectivity index (χ4n) is 1.48. The van der Waals surface area contributed by atoms with E-state index in [1.807, 2.05) is 32.9 Å². The highest BCUT2D eigenvalue weighted by molar-refractivity contribution is 6.30. The van der Waals surface area contributed by atoms with Crippen LogP contribution in [0.25, 0.3) is 0 Å². The first-order valence-electron chi connectivity index (χ1n) is 5.71. The number of nitrogens with zero attached hydrogens (tertiary/aromatic N) is 2. The Morgan fingerprint density at radius 2 is 2.17 bits per heavy atom. The van der Waals surface area contributed by atoms with Crippen molar-refractivity contribution in [3.8, 4) is 0 Å². The Kier molecular flexibility index (Phi) is 5.59. The molecule has 0 atom stereocenters. The van der Waals surface area contributed by atoms with Crippen molar-refractivity contribution >= 4 is 17.5 Å². The molecule has 0 spiro atoms. The monoisotopic (exact) mass is 263 g/mol. The van der Waals surface area contributed by atoms with Gasteiger partial charge >= 0.3 is 0 Å². The van der Waals surface area contributed by atoms with E-state index in [0.29, 0.717) is 17.5 Å². The number of halogens is 1. The van der Waals surface area contributed by atoms with E-state index in [-0.39, 0.29) is 0 Å². The van der Waals surface area contributed by atoms with Gasteiger partial charge in [-0.3, -0.25) is 0 Å². The van der Waals surface area contributed by atoms with Gasteiger partial charge in [0.05, 0.1) is 0 Å². The predicted octanol–water partition coefficient (Wildman–Crippen LogP) is 3.84. The minimum atomic E-state index is 0.534. The molecule has 1 N–H and O–H groups in total. The Morgan fingerprint density at radius 3 is 2.78 bits per heavy atom. The molecule has 0 radical (unpaired) electrons. The summed E-state index contributed by atoms with van der Waals surface area (Å²) >= 11 is 5.71. The maximum atomic E-state index is 5.71. The van der Waals surface area contributed by atoms with Crippen LogP contribution in [-0.4, -0.2) is 16.5 Å². The third-order valence-electron chi connectivity index (χ3n) is 2.18. The molecule has 0 aliphatic carbocycles. The summed E-state index contributed by atoms with van der Waals surface area (Å²) in [6, 6.07) is 1.87. The molecule has 1 aromatic rings. The lowest BCUT2D eigenvalue weighted by molar-refractivity contribution is 1.05. The molecule has 0 saturated heterocycles. The number of allylic oxidation sites excluding steroid dienone is 4. The van der Waals surface area contributed by atoms with E-state index in [2.05, 4.69) is 27.9 Å². The van der Waals surface area contributed by atoms with Crippen LogP contribution in [0.15, 0.2) is 47.2 Å². The summed E-state index contributed by atoms with van der Waals surface area (Å²) in [6.07, 6.45) is 5.62. The van der Waals surface area contributed by atoms with Gasteiger partial charge < -0.3 is 5.32 Å². The lowest BCUT2D eigenvalue weighted by atomic mass is 10.2. The van der Waals surface area contributed by atoms with Gasteiger partial charge in [0.15, 0.2) is 0 Å². The molecule has 0 unspecified atom stereocenters. The molecule has 18 heavy (non-hydrogen) atoms. The first-order valence-corrected chi connectivity index (χ1v) is 6.08. The van der Waals surface area contributed by atoms with Gasteiger partial charge in [0.25, 0.3) is 0 Å².